The minimum atomic E-state index is -7.17. The first-order chi connectivity index (χ1) is 15.7. The van der Waals surface area contributed by atoms with Gasteiger partial charge in [-0.15, -0.1) is 0 Å². The molecule has 0 aliphatic heterocycles. The SMILES string of the molecule is Cc1cc(COC(C)(C)C)c(OS(=O)(=O)C(F)(F)C(F)(F)C(F)(F)S(=O)(=O)O)c(COC(C)(C)C)c1. The van der Waals surface area contributed by atoms with Crippen LogP contribution < -0.4 is 4.18 Å². The van der Waals surface area contributed by atoms with Crippen LogP contribution in [-0.4, -0.2) is 49.0 Å². The van der Waals surface area contributed by atoms with Crippen LogP contribution in [0.4, 0.5) is 26.3 Å². The molecule has 0 fully saturated rings. The molecule has 0 amide bonds. The highest BCUT2D eigenvalue weighted by Gasteiger charge is 2.83. The highest BCUT2D eigenvalue weighted by molar-refractivity contribution is 7.88. The van der Waals surface area contributed by atoms with Gasteiger partial charge < -0.3 is 13.7 Å². The van der Waals surface area contributed by atoms with Crippen LogP contribution in [0, 0.1) is 6.92 Å². The average Bonchev–Trinajstić information content (AvgIpc) is 2.63. The van der Waals surface area contributed by atoms with E-state index in [9.17, 15) is 43.2 Å². The molecule has 0 heterocycles. The van der Waals surface area contributed by atoms with Crippen molar-refractivity contribution in [1.29, 1.82) is 0 Å². The zero-order valence-electron chi connectivity index (χ0n) is 20.5. The van der Waals surface area contributed by atoms with Gasteiger partial charge in [-0.3, -0.25) is 4.55 Å². The highest BCUT2D eigenvalue weighted by Crippen LogP contribution is 2.51. The molecule has 0 atom stereocenters. The number of alkyl halides is 6. The molecule has 1 rings (SSSR count). The number of halogens is 6. The van der Waals surface area contributed by atoms with E-state index in [0.717, 1.165) is 0 Å². The number of ether oxygens (including phenoxy) is 2. The quantitative estimate of drug-likeness (QED) is 0.235. The maximum absolute atomic E-state index is 14.4. The van der Waals surface area contributed by atoms with Crippen molar-refractivity contribution in [2.45, 2.75) is 89.3 Å². The Morgan fingerprint density at radius 2 is 1.11 bits per heavy atom. The van der Waals surface area contributed by atoms with Crippen LogP contribution >= 0.6 is 0 Å². The molecule has 0 bridgehead atoms. The van der Waals surface area contributed by atoms with E-state index in [1.54, 1.807) is 41.5 Å². The summed E-state index contributed by atoms with van der Waals surface area (Å²) in [4.78, 5) is 0. The van der Waals surface area contributed by atoms with Crippen LogP contribution in [0.3, 0.4) is 0 Å². The Morgan fingerprint density at radius 1 is 0.750 bits per heavy atom. The molecule has 16 heteroatoms. The van der Waals surface area contributed by atoms with Crippen molar-refractivity contribution in [3.63, 3.8) is 0 Å². The number of rotatable bonds is 10. The van der Waals surface area contributed by atoms with Crippen molar-refractivity contribution in [3.05, 3.63) is 28.8 Å². The van der Waals surface area contributed by atoms with Gasteiger partial charge >= 0.3 is 36.7 Å². The Hall–Kier alpha value is -1.62. The molecule has 0 aliphatic carbocycles. The third kappa shape index (κ3) is 7.02. The van der Waals surface area contributed by atoms with Gasteiger partial charge in [-0.25, -0.2) is 0 Å². The van der Waals surface area contributed by atoms with Gasteiger partial charge in [0.15, 0.2) is 5.75 Å². The van der Waals surface area contributed by atoms with E-state index in [1.807, 2.05) is 0 Å². The summed E-state index contributed by atoms with van der Waals surface area (Å²) in [6.45, 7) is 10.1. The Morgan fingerprint density at radius 3 is 1.42 bits per heavy atom. The Balaban J connectivity index is 3.73. The zero-order chi connectivity index (χ0) is 28.8. The third-order valence-electron chi connectivity index (χ3n) is 4.27. The topological polar surface area (TPSA) is 116 Å². The number of hydrogen-bond acceptors (Lipinski definition) is 7. The first kappa shape index (κ1) is 32.4. The molecule has 0 aliphatic rings. The molecule has 1 aromatic carbocycles. The second-order valence-corrected chi connectivity index (χ2v) is 12.9. The molecule has 8 nitrogen and oxygen atoms in total. The standard InChI is InChI=1S/C20H28F6O8S2/c1-12-8-13(10-32-16(2,3)4)15(14(9-12)11-33-17(5,6)7)34-36(30,31)20(25,26)18(21,22)19(23,24)35(27,28)29/h8-9H,10-11H2,1-7H3,(H,27,28,29). The lowest BCUT2D eigenvalue weighted by Gasteiger charge is -2.30. The minimum absolute atomic E-state index is 0.235. The van der Waals surface area contributed by atoms with Gasteiger partial charge in [-0.2, -0.15) is 43.2 Å². The van der Waals surface area contributed by atoms with E-state index in [2.05, 4.69) is 4.18 Å². The third-order valence-corrected chi connectivity index (χ3v) is 6.45. The van der Waals surface area contributed by atoms with Crippen LogP contribution in [0.15, 0.2) is 12.1 Å². The molecular formula is C20H28F6O8S2. The lowest BCUT2D eigenvalue weighted by atomic mass is 10.0. The molecule has 0 saturated heterocycles. The van der Waals surface area contributed by atoms with E-state index in [0.29, 0.717) is 5.56 Å². The molecule has 210 valence electrons. The van der Waals surface area contributed by atoms with E-state index in [1.165, 1.54) is 19.1 Å². The molecule has 0 saturated carbocycles. The van der Waals surface area contributed by atoms with Crippen molar-refractivity contribution in [3.8, 4) is 5.75 Å². The van der Waals surface area contributed by atoms with Gasteiger partial charge in [0.25, 0.3) is 0 Å². The summed E-state index contributed by atoms with van der Waals surface area (Å²) in [5.41, 5.74) is -1.74. The fourth-order valence-electron chi connectivity index (χ4n) is 2.49. The normalized spacial score (nSPS) is 14.7. The number of benzene rings is 1. The van der Waals surface area contributed by atoms with Crippen molar-refractivity contribution < 1.29 is 61.4 Å². The first-order valence-corrected chi connectivity index (χ1v) is 13.0. The van der Waals surface area contributed by atoms with Crippen LogP contribution in [0.5, 0.6) is 5.75 Å². The minimum Gasteiger partial charge on any atom is -0.377 e. The van der Waals surface area contributed by atoms with Crippen LogP contribution in [0.25, 0.3) is 0 Å². The van der Waals surface area contributed by atoms with Crippen molar-refractivity contribution in [2.24, 2.45) is 0 Å². The second-order valence-electron chi connectivity index (χ2n) is 9.83. The Kier molecular flexibility index (Phi) is 8.94. The summed E-state index contributed by atoms with van der Waals surface area (Å²) in [6, 6.07) is 2.44. The van der Waals surface area contributed by atoms with Gasteiger partial charge in [-0.1, -0.05) is 5.56 Å². The predicted octanol–water partition coefficient (Wildman–Crippen LogP) is 5.04. The monoisotopic (exact) mass is 574 g/mol. The maximum Gasteiger partial charge on any atom is 0.450 e. The van der Waals surface area contributed by atoms with Crippen LogP contribution in [-0.2, 0) is 42.9 Å². The number of aryl methyl sites for hydroxylation is 1. The highest BCUT2D eigenvalue weighted by atomic mass is 32.2. The van der Waals surface area contributed by atoms with E-state index >= 15 is 0 Å². The van der Waals surface area contributed by atoms with Gasteiger partial charge in [0.1, 0.15) is 0 Å². The van der Waals surface area contributed by atoms with Crippen molar-refractivity contribution in [2.75, 3.05) is 0 Å². The molecule has 36 heavy (non-hydrogen) atoms. The smallest absolute Gasteiger partial charge is 0.377 e. The molecule has 1 N–H and O–H groups in total. The Bertz CT molecular complexity index is 1130. The van der Waals surface area contributed by atoms with E-state index < -0.39 is 66.8 Å². The maximum atomic E-state index is 14.4. The lowest BCUT2D eigenvalue weighted by molar-refractivity contribution is -0.247. The van der Waals surface area contributed by atoms with E-state index in [4.69, 9.17) is 14.0 Å². The van der Waals surface area contributed by atoms with Crippen LogP contribution in [0.1, 0.15) is 58.2 Å². The molecule has 0 radical (unpaired) electrons. The molecule has 0 aromatic heterocycles. The largest absolute Gasteiger partial charge is 0.450 e. The molecule has 0 unspecified atom stereocenters. The summed E-state index contributed by atoms with van der Waals surface area (Å²) in [5, 5.41) is -13.7. The van der Waals surface area contributed by atoms with Gasteiger partial charge in [0.05, 0.1) is 24.4 Å². The van der Waals surface area contributed by atoms with Gasteiger partial charge in [-0.05, 0) is 60.6 Å². The lowest BCUT2D eigenvalue weighted by Crippen LogP contribution is -2.61. The second kappa shape index (κ2) is 9.93. The first-order valence-electron chi connectivity index (χ1n) is 10.1. The molecule has 1 aromatic rings. The van der Waals surface area contributed by atoms with Crippen molar-refractivity contribution >= 4 is 20.2 Å². The molecular weight excluding hydrogens is 546 g/mol. The van der Waals surface area contributed by atoms with Gasteiger partial charge in [0, 0.05) is 11.1 Å². The predicted molar refractivity (Wildman–Crippen MR) is 116 cm³/mol. The average molecular weight is 575 g/mol. The van der Waals surface area contributed by atoms with Crippen molar-refractivity contribution in [1.82, 2.24) is 0 Å². The molecule has 0 spiro atoms. The van der Waals surface area contributed by atoms with Gasteiger partial charge in [0.2, 0.25) is 0 Å². The summed E-state index contributed by atoms with van der Waals surface area (Å²) < 4.78 is 153. The fraction of sp³-hybridized carbons (Fsp3) is 0.700. The van der Waals surface area contributed by atoms with E-state index in [-0.39, 0.29) is 11.1 Å². The summed E-state index contributed by atoms with van der Waals surface area (Å²) in [7, 11) is -14.2. The number of hydrogen-bond donors (Lipinski definition) is 1. The Labute approximate surface area is 205 Å². The summed E-state index contributed by atoms with van der Waals surface area (Å²) >= 11 is 0. The zero-order valence-corrected chi connectivity index (χ0v) is 22.1. The fourth-order valence-corrected chi connectivity index (χ4v) is 3.99. The summed E-state index contributed by atoms with van der Waals surface area (Å²) in [6.07, 6.45) is 0. The summed E-state index contributed by atoms with van der Waals surface area (Å²) in [5.74, 6) is -8.10. The van der Waals surface area contributed by atoms with Crippen LogP contribution in [0.2, 0.25) is 0 Å².